The minimum Gasteiger partial charge on any atom is -0.379 e. The van der Waals surface area contributed by atoms with Crippen LogP contribution in [-0.2, 0) is 0 Å². The molecule has 0 saturated heterocycles. The quantitative estimate of drug-likeness (QED) is 0.371. The molecule has 4 nitrogen and oxygen atoms in total. The van der Waals surface area contributed by atoms with Crippen LogP contribution in [0.5, 0.6) is 0 Å². The van der Waals surface area contributed by atoms with E-state index in [-0.39, 0.29) is 5.69 Å². The van der Waals surface area contributed by atoms with E-state index in [1.807, 2.05) is 30.3 Å². The first-order chi connectivity index (χ1) is 9.66. The SMILES string of the molecule is O=[N+]([O-])c1ccc(Cl)cc1NCCSc1ccccc1. The lowest BCUT2D eigenvalue weighted by Crippen LogP contribution is -2.06. The van der Waals surface area contributed by atoms with Gasteiger partial charge < -0.3 is 5.32 Å². The molecule has 6 heteroatoms. The second-order valence-corrected chi connectivity index (χ2v) is 5.61. The molecule has 0 aliphatic carbocycles. The second-order valence-electron chi connectivity index (χ2n) is 4.01. The van der Waals surface area contributed by atoms with Gasteiger partial charge in [0.05, 0.1) is 4.92 Å². The summed E-state index contributed by atoms with van der Waals surface area (Å²) in [6.45, 7) is 0.626. The number of halogens is 1. The summed E-state index contributed by atoms with van der Waals surface area (Å²) in [4.78, 5) is 11.7. The maximum Gasteiger partial charge on any atom is 0.292 e. The molecule has 0 radical (unpaired) electrons. The third-order valence-electron chi connectivity index (χ3n) is 2.58. The van der Waals surface area contributed by atoms with Crippen LogP contribution in [0.4, 0.5) is 11.4 Å². The van der Waals surface area contributed by atoms with E-state index in [0.717, 1.165) is 5.75 Å². The minimum atomic E-state index is -0.414. The van der Waals surface area contributed by atoms with Crippen LogP contribution in [0, 0.1) is 10.1 Å². The summed E-state index contributed by atoms with van der Waals surface area (Å²) in [7, 11) is 0. The fraction of sp³-hybridized carbons (Fsp3) is 0.143. The van der Waals surface area contributed by atoms with Gasteiger partial charge in [-0.1, -0.05) is 29.8 Å². The third-order valence-corrected chi connectivity index (χ3v) is 3.83. The van der Waals surface area contributed by atoms with Crippen molar-refractivity contribution in [3.8, 4) is 0 Å². The fourth-order valence-corrected chi connectivity index (χ4v) is 2.64. The summed E-state index contributed by atoms with van der Waals surface area (Å²) in [5.74, 6) is 0.813. The van der Waals surface area contributed by atoms with Gasteiger partial charge in [0, 0.05) is 28.3 Å². The zero-order valence-corrected chi connectivity index (χ0v) is 12.2. The molecule has 2 aromatic rings. The van der Waals surface area contributed by atoms with Gasteiger partial charge in [-0.05, 0) is 24.3 Å². The minimum absolute atomic E-state index is 0.0408. The average Bonchev–Trinajstić information content (AvgIpc) is 2.44. The van der Waals surface area contributed by atoms with E-state index in [1.54, 1.807) is 17.8 Å². The van der Waals surface area contributed by atoms with Crippen molar-refractivity contribution in [2.45, 2.75) is 4.90 Å². The molecule has 2 aromatic carbocycles. The first-order valence-electron chi connectivity index (χ1n) is 6.02. The van der Waals surface area contributed by atoms with Crippen LogP contribution in [0.15, 0.2) is 53.4 Å². The van der Waals surface area contributed by atoms with Gasteiger partial charge in [-0.25, -0.2) is 0 Å². The van der Waals surface area contributed by atoms with E-state index in [0.29, 0.717) is 17.3 Å². The van der Waals surface area contributed by atoms with E-state index >= 15 is 0 Å². The number of nitrogens with one attached hydrogen (secondary N) is 1. The second kappa shape index (κ2) is 7.17. The number of nitro benzene ring substituents is 1. The molecule has 0 heterocycles. The Morgan fingerprint density at radius 3 is 2.65 bits per heavy atom. The third kappa shape index (κ3) is 4.15. The Balaban J connectivity index is 1.91. The summed E-state index contributed by atoms with van der Waals surface area (Å²) in [5, 5.41) is 14.4. The standard InChI is InChI=1S/C14H13ClN2O2S/c15-11-6-7-14(17(18)19)13(10-11)16-8-9-20-12-4-2-1-3-5-12/h1-7,10,16H,8-9H2. The number of nitro groups is 1. The molecule has 20 heavy (non-hydrogen) atoms. The van der Waals surface area contributed by atoms with Crippen LogP contribution < -0.4 is 5.32 Å². The molecular formula is C14H13ClN2O2S. The van der Waals surface area contributed by atoms with Crippen molar-refractivity contribution in [3.05, 3.63) is 63.7 Å². The van der Waals surface area contributed by atoms with Crippen LogP contribution in [0.3, 0.4) is 0 Å². The summed E-state index contributed by atoms with van der Waals surface area (Å²) in [5.41, 5.74) is 0.496. The number of rotatable bonds is 6. The lowest BCUT2D eigenvalue weighted by atomic mass is 10.2. The Hall–Kier alpha value is -1.72. The Kier molecular flexibility index (Phi) is 5.26. The number of benzene rings is 2. The number of thioether (sulfide) groups is 1. The number of hydrogen-bond acceptors (Lipinski definition) is 4. The van der Waals surface area contributed by atoms with Gasteiger partial charge in [0.15, 0.2) is 0 Å². The van der Waals surface area contributed by atoms with Crippen LogP contribution in [-0.4, -0.2) is 17.2 Å². The van der Waals surface area contributed by atoms with Gasteiger partial charge in [0.25, 0.3) is 5.69 Å². The lowest BCUT2D eigenvalue weighted by molar-refractivity contribution is -0.384. The predicted octanol–water partition coefficient (Wildman–Crippen LogP) is 4.45. The smallest absolute Gasteiger partial charge is 0.292 e. The normalized spacial score (nSPS) is 10.2. The van der Waals surface area contributed by atoms with Crippen LogP contribution in [0.2, 0.25) is 5.02 Å². The zero-order chi connectivity index (χ0) is 14.4. The molecule has 0 atom stereocenters. The molecule has 104 valence electrons. The summed E-state index contributed by atoms with van der Waals surface area (Å²) in [6, 6.07) is 14.5. The predicted molar refractivity (Wildman–Crippen MR) is 83.8 cm³/mol. The number of hydrogen-bond donors (Lipinski definition) is 1. The fourth-order valence-electron chi connectivity index (χ4n) is 1.68. The highest BCUT2D eigenvalue weighted by Crippen LogP contribution is 2.27. The Morgan fingerprint density at radius 1 is 1.20 bits per heavy atom. The van der Waals surface area contributed by atoms with E-state index < -0.39 is 4.92 Å². The van der Waals surface area contributed by atoms with Crippen molar-refractivity contribution >= 4 is 34.7 Å². The van der Waals surface area contributed by atoms with E-state index in [1.165, 1.54) is 17.0 Å². The molecule has 2 rings (SSSR count). The summed E-state index contributed by atoms with van der Waals surface area (Å²) >= 11 is 7.56. The molecule has 0 unspecified atom stereocenters. The van der Waals surface area contributed by atoms with Crippen molar-refractivity contribution in [3.63, 3.8) is 0 Å². The molecular weight excluding hydrogens is 296 g/mol. The van der Waals surface area contributed by atoms with E-state index in [9.17, 15) is 10.1 Å². The van der Waals surface area contributed by atoms with Crippen LogP contribution in [0.1, 0.15) is 0 Å². The van der Waals surface area contributed by atoms with Crippen molar-refractivity contribution in [2.75, 3.05) is 17.6 Å². The monoisotopic (exact) mass is 308 g/mol. The van der Waals surface area contributed by atoms with E-state index in [2.05, 4.69) is 5.32 Å². The molecule has 1 N–H and O–H groups in total. The zero-order valence-electron chi connectivity index (χ0n) is 10.6. The summed E-state index contributed by atoms with van der Waals surface area (Å²) in [6.07, 6.45) is 0. The lowest BCUT2D eigenvalue weighted by Gasteiger charge is -2.07. The van der Waals surface area contributed by atoms with Gasteiger partial charge in [-0.3, -0.25) is 10.1 Å². The van der Waals surface area contributed by atoms with Gasteiger partial charge in [-0.2, -0.15) is 0 Å². The molecule has 0 fully saturated rings. The van der Waals surface area contributed by atoms with Crippen LogP contribution >= 0.6 is 23.4 Å². The Labute approximate surface area is 126 Å². The Morgan fingerprint density at radius 2 is 1.95 bits per heavy atom. The van der Waals surface area contributed by atoms with E-state index in [4.69, 9.17) is 11.6 Å². The molecule has 0 saturated carbocycles. The summed E-state index contributed by atoms with van der Waals surface area (Å²) < 4.78 is 0. The van der Waals surface area contributed by atoms with Crippen molar-refractivity contribution < 1.29 is 4.92 Å². The molecule has 0 aliphatic heterocycles. The van der Waals surface area contributed by atoms with Crippen molar-refractivity contribution in [2.24, 2.45) is 0 Å². The van der Waals surface area contributed by atoms with Crippen LogP contribution in [0.25, 0.3) is 0 Å². The topological polar surface area (TPSA) is 55.2 Å². The molecule has 0 amide bonds. The number of nitrogens with zero attached hydrogens (tertiary/aromatic N) is 1. The van der Waals surface area contributed by atoms with Gasteiger partial charge in [0.1, 0.15) is 5.69 Å². The van der Waals surface area contributed by atoms with Gasteiger partial charge in [-0.15, -0.1) is 11.8 Å². The highest BCUT2D eigenvalue weighted by atomic mass is 35.5. The van der Waals surface area contributed by atoms with Gasteiger partial charge >= 0.3 is 0 Å². The molecule has 0 bridgehead atoms. The Bertz CT molecular complexity index is 593. The average molecular weight is 309 g/mol. The number of anilines is 1. The highest BCUT2D eigenvalue weighted by molar-refractivity contribution is 7.99. The first kappa shape index (κ1) is 14.7. The molecule has 0 aliphatic rings. The maximum absolute atomic E-state index is 10.9. The van der Waals surface area contributed by atoms with Crippen molar-refractivity contribution in [1.82, 2.24) is 0 Å². The molecule has 0 aromatic heterocycles. The van der Waals surface area contributed by atoms with Crippen molar-refractivity contribution in [1.29, 1.82) is 0 Å². The molecule has 0 spiro atoms. The highest BCUT2D eigenvalue weighted by Gasteiger charge is 2.13. The first-order valence-corrected chi connectivity index (χ1v) is 7.39. The maximum atomic E-state index is 10.9. The largest absolute Gasteiger partial charge is 0.379 e. The van der Waals surface area contributed by atoms with Gasteiger partial charge in [0.2, 0.25) is 0 Å².